The summed E-state index contributed by atoms with van der Waals surface area (Å²) >= 11 is 1.50. The second kappa shape index (κ2) is 8.54. The zero-order chi connectivity index (χ0) is 21.1. The number of nitrogens with one attached hydrogen (secondary N) is 2. The smallest absolute Gasteiger partial charge is 0.313 e. The molecule has 1 fully saturated rings. The molecule has 0 bridgehead atoms. The van der Waals surface area contributed by atoms with Crippen molar-refractivity contribution < 1.29 is 18.8 Å². The third kappa shape index (κ3) is 4.28. The molecule has 3 heterocycles. The molecule has 3 aromatic rings. The van der Waals surface area contributed by atoms with E-state index in [4.69, 9.17) is 4.42 Å². The van der Waals surface area contributed by atoms with Crippen LogP contribution in [0.5, 0.6) is 0 Å². The lowest BCUT2D eigenvalue weighted by Gasteiger charge is -2.19. The van der Waals surface area contributed by atoms with Crippen LogP contribution in [0.2, 0.25) is 0 Å². The van der Waals surface area contributed by atoms with Crippen LogP contribution in [0.3, 0.4) is 0 Å². The number of aryl methyl sites for hydroxylation is 1. The second-order valence-electron chi connectivity index (χ2n) is 7.10. The Morgan fingerprint density at radius 3 is 2.77 bits per heavy atom. The van der Waals surface area contributed by atoms with E-state index >= 15 is 0 Å². The van der Waals surface area contributed by atoms with Crippen molar-refractivity contribution in [3.05, 3.63) is 58.7 Å². The summed E-state index contributed by atoms with van der Waals surface area (Å²) in [5, 5.41) is 7.22. The molecule has 1 aliphatic rings. The third-order valence-electron chi connectivity index (χ3n) is 4.97. The average molecular weight is 423 g/mol. The molecule has 8 heteroatoms. The highest BCUT2D eigenvalue weighted by Crippen LogP contribution is 2.28. The Hall–Kier alpha value is -3.39. The lowest BCUT2D eigenvalue weighted by Crippen LogP contribution is -2.34. The van der Waals surface area contributed by atoms with E-state index in [9.17, 15) is 14.4 Å². The van der Waals surface area contributed by atoms with Gasteiger partial charge in [0.05, 0.1) is 19.1 Å². The standard InChI is InChI=1S/C22H21N3O4S/c1-14-4-5-17(10-19(14)25-7-2-3-20(25)26)24-22(28)21(27)23-11-18-9-16(13-30-18)15-6-8-29-12-15/h4-6,8-10,12-13H,2-3,7,11H2,1H3,(H,23,27)(H,24,28). The van der Waals surface area contributed by atoms with Crippen molar-refractivity contribution in [2.24, 2.45) is 0 Å². The molecule has 0 aliphatic carbocycles. The quantitative estimate of drug-likeness (QED) is 0.612. The molecule has 2 N–H and O–H groups in total. The normalized spacial score (nSPS) is 13.5. The number of rotatable bonds is 5. The van der Waals surface area contributed by atoms with Crippen LogP contribution >= 0.6 is 11.3 Å². The van der Waals surface area contributed by atoms with Crippen LogP contribution in [0.15, 0.2) is 52.7 Å². The van der Waals surface area contributed by atoms with E-state index in [1.807, 2.05) is 30.5 Å². The van der Waals surface area contributed by atoms with E-state index in [0.29, 0.717) is 18.7 Å². The first kappa shape index (κ1) is 19.9. The fourth-order valence-electron chi connectivity index (χ4n) is 3.37. The molecule has 0 unspecified atom stereocenters. The highest BCUT2D eigenvalue weighted by molar-refractivity contribution is 7.10. The number of anilines is 2. The summed E-state index contributed by atoms with van der Waals surface area (Å²) in [6, 6.07) is 9.11. The first-order valence-corrected chi connectivity index (χ1v) is 10.5. The Kier molecular flexibility index (Phi) is 5.67. The van der Waals surface area contributed by atoms with Gasteiger partial charge >= 0.3 is 11.8 Å². The Bertz CT molecular complexity index is 1090. The van der Waals surface area contributed by atoms with E-state index < -0.39 is 11.8 Å². The minimum absolute atomic E-state index is 0.0741. The summed E-state index contributed by atoms with van der Waals surface area (Å²) in [6.45, 7) is 2.84. The number of carbonyl (C=O) groups excluding carboxylic acids is 3. The molecule has 0 saturated carbocycles. The van der Waals surface area contributed by atoms with Crippen LogP contribution in [0, 0.1) is 6.92 Å². The van der Waals surface area contributed by atoms with Crippen molar-refractivity contribution in [2.75, 3.05) is 16.8 Å². The SMILES string of the molecule is Cc1ccc(NC(=O)C(=O)NCc2cc(-c3ccoc3)cs2)cc1N1CCCC1=O. The Labute approximate surface area is 177 Å². The molecular formula is C22H21N3O4S. The van der Waals surface area contributed by atoms with Gasteiger partial charge in [0.2, 0.25) is 5.91 Å². The van der Waals surface area contributed by atoms with Gasteiger partial charge in [-0.05, 0) is 54.1 Å². The Balaban J connectivity index is 1.36. The maximum atomic E-state index is 12.3. The van der Waals surface area contributed by atoms with E-state index in [1.54, 1.807) is 29.6 Å². The van der Waals surface area contributed by atoms with Gasteiger partial charge in [-0.2, -0.15) is 0 Å². The van der Waals surface area contributed by atoms with Crippen LogP contribution in [0.1, 0.15) is 23.3 Å². The molecule has 3 amide bonds. The molecule has 1 aliphatic heterocycles. The summed E-state index contributed by atoms with van der Waals surface area (Å²) in [5.41, 5.74) is 4.16. The molecular weight excluding hydrogens is 402 g/mol. The van der Waals surface area contributed by atoms with Crippen molar-refractivity contribution in [2.45, 2.75) is 26.3 Å². The number of benzene rings is 1. The van der Waals surface area contributed by atoms with Crippen molar-refractivity contribution in [3.63, 3.8) is 0 Å². The summed E-state index contributed by atoms with van der Waals surface area (Å²) in [5.74, 6) is -1.39. The predicted octanol–water partition coefficient (Wildman–Crippen LogP) is 3.70. The summed E-state index contributed by atoms with van der Waals surface area (Å²) in [4.78, 5) is 39.2. The molecule has 4 rings (SSSR count). The maximum absolute atomic E-state index is 12.3. The number of carbonyl (C=O) groups is 3. The molecule has 30 heavy (non-hydrogen) atoms. The summed E-state index contributed by atoms with van der Waals surface area (Å²) in [6.07, 6.45) is 4.62. The fourth-order valence-corrected chi connectivity index (χ4v) is 4.20. The number of hydrogen-bond donors (Lipinski definition) is 2. The van der Waals surface area contributed by atoms with Gasteiger partial charge in [-0.3, -0.25) is 14.4 Å². The lowest BCUT2D eigenvalue weighted by molar-refractivity contribution is -0.136. The first-order valence-electron chi connectivity index (χ1n) is 9.61. The number of amides is 3. The summed E-state index contributed by atoms with van der Waals surface area (Å²) < 4.78 is 5.08. The van der Waals surface area contributed by atoms with Crippen molar-refractivity contribution in [1.82, 2.24) is 5.32 Å². The van der Waals surface area contributed by atoms with Gasteiger partial charge in [-0.1, -0.05) is 6.07 Å². The first-order chi connectivity index (χ1) is 14.5. The van der Waals surface area contributed by atoms with Gasteiger partial charge in [-0.15, -0.1) is 11.3 Å². The zero-order valence-corrected chi connectivity index (χ0v) is 17.3. The molecule has 1 saturated heterocycles. The van der Waals surface area contributed by atoms with Gasteiger partial charge in [0.1, 0.15) is 0 Å². The molecule has 0 atom stereocenters. The van der Waals surface area contributed by atoms with Crippen LogP contribution < -0.4 is 15.5 Å². The van der Waals surface area contributed by atoms with Gasteiger partial charge < -0.3 is 20.0 Å². The minimum atomic E-state index is -0.746. The number of thiophene rings is 1. The molecule has 1 aromatic carbocycles. The van der Waals surface area contributed by atoms with Gasteiger partial charge in [0.15, 0.2) is 0 Å². The highest BCUT2D eigenvalue weighted by Gasteiger charge is 2.23. The van der Waals surface area contributed by atoms with Crippen LogP contribution in [-0.4, -0.2) is 24.3 Å². The number of nitrogens with zero attached hydrogens (tertiary/aromatic N) is 1. The lowest BCUT2D eigenvalue weighted by atomic mass is 10.1. The average Bonchev–Trinajstić information content (AvgIpc) is 3.49. The van der Waals surface area contributed by atoms with Crippen LogP contribution in [-0.2, 0) is 20.9 Å². The van der Waals surface area contributed by atoms with Gasteiger partial charge in [-0.25, -0.2) is 0 Å². The van der Waals surface area contributed by atoms with E-state index in [2.05, 4.69) is 10.6 Å². The minimum Gasteiger partial charge on any atom is -0.472 e. The third-order valence-corrected chi connectivity index (χ3v) is 5.91. The van der Waals surface area contributed by atoms with Crippen molar-refractivity contribution in [3.8, 4) is 11.1 Å². The predicted molar refractivity (Wildman–Crippen MR) is 115 cm³/mol. The highest BCUT2D eigenvalue weighted by atomic mass is 32.1. The molecule has 154 valence electrons. The molecule has 0 radical (unpaired) electrons. The largest absolute Gasteiger partial charge is 0.472 e. The Morgan fingerprint density at radius 1 is 1.17 bits per heavy atom. The summed E-state index contributed by atoms with van der Waals surface area (Å²) in [7, 11) is 0. The van der Waals surface area contributed by atoms with E-state index in [1.165, 1.54) is 11.3 Å². The number of hydrogen-bond acceptors (Lipinski definition) is 5. The van der Waals surface area contributed by atoms with Gasteiger partial charge in [0.25, 0.3) is 0 Å². The van der Waals surface area contributed by atoms with Gasteiger partial charge in [0, 0.05) is 34.8 Å². The molecule has 7 nitrogen and oxygen atoms in total. The maximum Gasteiger partial charge on any atom is 0.313 e. The van der Waals surface area contributed by atoms with Crippen LogP contribution in [0.25, 0.3) is 11.1 Å². The Morgan fingerprint density at radius 2 is 2.03 bits per heavy atom. The second-order valence-corrected chi connectivity index (χ2v) is 8.10. The fraction of sp³-hybridized carbons (Fsp3) is 0.227. The van der Waals surface area contributed by atoms with Crippen LogP contribution in [0.4, 0.5) is 11.4 Å². The molecule has 0 spiro atoms. The zero-order valence-electron chi connectivity index (χ0n) is 16.4. The van der Waals surface area contributed by atoms with E-state index in [-0.39, 0.29) is 12.5 Å². The van der Waals surface area contributed by atoms with Crippen molar-refractivity contribution >= 4 is 40.4 Å². The van der Waals surface area contributed by atoms with Crippen molar-refractivity contribution in [1.29, 1.82) is 0 Å². The topological polar surface area (TPSA) is 91.7 Å². The van der Waals surface area contributed by atoms with E-state index in [0.717, 1.165) is 33.7 Å². The molecule has 2 aromatic heterocycles. The number of furan rings is 1. The monoisotopic (exact) mass is 423 g/mol.